The minimum absolute atomic E-state index is 0.100. The van der Waals surface area contributed by atoms with Gasteiger partial charge in [0.1, 0.15) is 17.6 Å². The molecule has 202 valence electrons. The highest BCUT2D eigenvalue weighted by Gasteiger charge is 2.28. The molecule has 2 aromatic carbocycles. The Bertz CT molecular complexity index is 1450. The summed E-state index contributed by atoms with van der Waals surface area (Å²) in [5.74, 6) is -1.35. The van der Waals surface area contributed by atoms with Gasteiger partial charge in [0.2, 0.25) is 0 Å². The predicted molar refractivity (Wildman–Crippen MR) is 144 cm³/mol. The standard InChI is InChI=1S/C29H30F2N6O2/c1-33-16-19-4-3-10-36(17-19)29(38)26-14-28(20-5-6-21(15-32)24(30)12-20)37(34-26)27-8-7-22(13-25(27)31)35-11-9-23(18-35)39-2/h5-8,12-14,16,19,23H,3-4,9-11,17-18H2,1-2H3. The molecule has 10 heteroatoms. The van der Waals surface area contributed by atoms with Crippen LogP contribution in [0.15, 0.2) is 47.5 Å². The molecule has 0 saturated carbocycles. The summed E-state index contributed by atoms with van der Waals surface area (Å²) in [6, 6.07) is 12.4. The van der Waals surface area contributed by atoms with Crippen LogP contribution in [-0.2, 0) is 4.74 Å². The molecule has 8 nitrogen and oxygen atoms in total. The van der Waals surface area contributed by atoms with Crippen molar-refractivity contribution in [2.75, 3.05) is 45.2 Å². The van der Waals surface area contributed by atoms with Crippen molar-refractivity contribution in [2.45, 2.75) is 25.4 Å². The third-order valence-corrected chi connectivity index (χ3v) is 7.42. The van der Waals surface area contributed by atoms with Gasteiger partial charge in [0.15, 0.2) is 11.5 Å². The molecule has 2 aliphatic heterocycles. The molecular formula is C29H30F2N6O2. The molecule has 0 N–H and O–H groups in total. The number of halogens is 2. The molecule has 2 saturated heterocycles. The van der Waals surface area contributed by atoms with E-state index < -0.39 is 11.6 Å². The fourth-order valence-electron chi connectivity index (χ4n) is 5.35. The molecule has 5 rings (SSSR count). The van der Waals surface area contributed by atoms with Gasteiger partial charge in [-0.2, -0.15) is 10.4 Å². The number of aliphatic imine (C=N–C) groups is 1. The minimum Gasteiger partial charge on any atom is -0.380 e. The average molecular weight is 533 g/mol. The fourth-order valence-corrected chi connectivity index (χ4v) is 5.35. The summed E-state index contributed by atoms with van der Waals surface area (Å²) in [5, 5.41) is 13.7. The maximum absolute atomic E-state index is 15.6. The second-order valence-corrected chi connectivity index (χ2v) is 9.92. The van der Waals surface area contributed by atoms with Gasteiger partial charge in [0.05, 0.1) is 17.4 Å². The van der Waals surface area contributed by atoms with E-state index in [1.807, 2.05) is 18.4 Å². The molecule has 0 spiro atoms. The molecule has 2 unspecified atom stereocenters. The Morgan fingerprint density at radius 3 is 2.67 bits per heavy atom. The molecule has 0 bridgehead atoms. The number of hydrogen-bond acceptors (Lipinski definition) is 6. The molecule has 3 aromatic rings. The zero-order valence-electron chi connectivity index (χ0n) is 22.0. The summed E-state index contributed by atoms with van der Waals surface area (Å²) in [6.45, 7) is 2.53. The Kier molecular flexibility index (Phi) is 7.70. The first-order chi connectivity index (χ1) is 18.9. The lowest BCUT2D eigenvalue weighted by molar-refractivity contribution is 0.0698. The SMILES string of the molecule is CN=CC1CCCN(C(=O)c2cc(-c3ccc(C#N)c(F)c3)n(-c3ccc(N4CCC(OC)C4)cc3F)n2)C1. The Labute approximate surface area is 226 Å². The highest BCUT2D eigenvalue weighted by Crippen LogP contribution is 2.31. The van der Waals surface area contributed by atoms with E-state index in [-0.39, 0.29) is 34.9 Å². The van der Waals surface area contributed by atoms with Crippen LogP contribution >= 0.6 is 0 Å². The van der Waals surface area contributed by atoms with Gasteiger partial charge in [-0.3, -0.25) is 4.79 Å². The molecule has 0 aliphatic carbocycles. The van der Waals surface area contributed by atoms with Gasteiger partial charge in [0, 0.05) is 63.7 Å². The number of carbonyl (C=O) groups excluding carboxylic acids is 1. The first kappa shape index (κ1) is 26.5. The summed E-state index contributed by atoms with van der Waals surface area (Å²) in [5.41, 5.74) is 1.61. The molecule has 2 fully saturated rings. The molecular weight excluding hydrogens is 502 g/mol. The summed E-state index contributed by atoms with van der Waals surface area (Å²) in [7, 11) is 3.38. The van der Waals surface area contributed by atoms with Crippen LogP contribution in [0.5, 0.6) is 0 Å². The lowest BCUT2D eigenvalue weighted by Gasteiger charge is -2.30. The number of methoxy groups -OCH3 is 1. The van der Waals surface area contributed by atoms with Gasteiger partial charge < -0.3 is 19.5 Å². The number of amides is 1. The smallest absolute Gasteiger partial charge is 0.274 e. The van der Waals surface area contributed by atoms with Crippen LogP contribution in [-0.4, -0.2) is 73.2 Å². The van der Waals surface area contributed by atoms with E-state index in [9.17, 15) is 9.18 Å². The first-order valence-electron chi connectivity index (χ1n) is 13.0. The van der Waals surface area contributed by atoms with Crippen LogP contribution in [0.25, 0.3) is 16.9 Å². The molecule has 1 aromatic heterocycles. The lowest BCUT2D eigenvalue weighted by Crippen LogP contribution is -2.40. The largest absolute Gasteiger partial charge is 0.380 e. The van der Waals surface area contributed by atoms with E-state index in [1.54, 1.807) is 37.3 Å². The number of nitrogens with zero attached hydrogens (tertiary/aromatic N) is 6. The minimum atomic E-state index is -0.703. The number of anilines is 1. The molecule has 2 aliphatic rings. The maximum Gasteiger partial charge on any atom is 0.274 e. The van der Waals surface area contributed by atoms with E-state index in [0.717, 1.165) is 31.5 Å². The molecule has 0 radical (unpaired) electrons. The van der Waals surface area contributed by atoms with Gasteiger partial charge in [0.25, 0.3) is 5.91 Å². The highest BCUT2D eigenvalue weighted by atomic mass is 19.1. The van der Waals surface area contributed by atoms with E-state index in [2.05, 4.69) is 15.0 Å². The van der Waals surface area contributed by atoms with Crippen LogP contribution < -0.4 is 4.90 Å². The van der Waals surface area contributed by atoms with Crippen LogP contribution in [0.4, 0.5) is 14.5 Å². The lowest BCUT2D eigenvalue weighted by atomic mass is 9.99. The van der Waals surface area contributed by atoms with Crippen molar-refractivity contribution in [3.63, 3.8) is 0 Å². The quantitative estimate of drug-likeness (QED) is 0.438. The number of nitriles is 1. The van der Waals surface area contributed by atoms with Gasteiger partial charge in [-0.25, -0.2) is 13.5 Å². The van der Waals surface area contributed by atoms with Crippen LogP contribution in [0, 0.1) is 28.9 Å². The summed E-state index contributed by atoms with van der Waals surface area (Å²) >= 11 is 0. The molecule has 39 heavy (non-hydrogen) atoms. The Morgan fingerprint density at radius 1 is 1.13 bits per heavy atom. The monoisotopic (exact) mass is 532 g/mol. The summed E-state index contributed by atoms with van der Waals surface area (Å²) < 4.78 is 37.0. The van der Waals surface area contributed by atoms with Crippen molar-refractivity contribution in [2.24, 2.45) is 10.9 Å². The fraction of sp³-hybridized carbons (Fsp3) is 0.379. The molecule has 2 atom stereocenters. The number of benzene rings is 2. The zero-order chi connectivity index (χ0) is 27.5. The van der Waals surface area contributed by atoms with E-state index in [0.29, 0.717) is 30.9 Å². The number of ether oxygens (including phenoxy) is 1. The van der Waals surface area contributed by atoms with Crippen molar-refractivity contribution in [3.05, 3.63) is 65.4 Å². The average Bonchev–Trinajstić information content (AvgIpc) is 3.61. The third-order valence-electron chi connectivity index (χ3n) is 7.42. The van der Waals surface area contributed by atoms with Crippen LogP contribution in [0.3, 0.4) is 0 Å². The second-order valence-electron chi connectivity index (χ2n) is 9.92. The highest BCUT2D eigenvalue weighted by molar-refractivity contribution is 5.94. The third kappa shape index (κ3) is 5.40. The van der Waals surface area contributed by atoms with E-state index >= 15 is 4.39 Å². The van der Waals surface area contributed by atoms with Gasteiger partial charge in [-0.05, 0) is 55.7 Å². The van der Waals surface area contributed by atoms with E-state index in [4.69, 9.17) is 10.00 Å². The molecule has 3 heterocycles. The zero-order valence-corrected chi connectivity index (χ0v) is 22.0. The first-order valence-corrected chi connectivity index (χ1v) is 13.0. The van der Waals surface area contributed by atoms with E-state index in [1.165, 1.54) is 22.9 Å². The Balaban J connectivity index is 1.53. The van der Waals surface area contributed by atoms with Crippen molar-refractivity contribution in [3.8, 4) is 23.0 Å². The topological polar surface area (TPSA) is 86.8 Å². The van der Waals surface area contributed by atoms with Crippen LogP contribution in [0.2, 0.25) is 0 Å². The predicted octanol–water partition coefficient (Wildman–Crippen LogP) is 4.47. The molecule has 1 amide bonds. The Hall–Kier alpha value is -4.10. The summed E-state index contributed by atoms with van der Waals surface area (Å²) in [4.78, 5) is 21.4. The number of hydrogen-bond donors (Lipinski definition) is 0. The maximum atomic E-state index is 15.6. The van der Waals surface area contributed by atoms with Gasteiger partial charge >= 0.3 is 0 Å². The number of piperidine rings is 1. The number of aromatic nitrogens is 2. The number of rotatable bonds is 6. The second kappa shape index (κ2) is 11.3. The summed E-state index contributed by atoms with van der Waals surface area (Å²) in [6.07, 6.45) is 4.61. The number of carbonyl (C=O) groups is 1. The normalized spacial score (nSPS) is 19.6. The van der Waals surface area contributed by atoms with Crippen molar-refractivity contribution in [1.29, 1.82) is 5.26 Å². The van der Waals surface area contributed by atoms with Crippen LogP contribution in [0.1, 0.15) is 35.3 Å². The van der Waals surface area contributed by atoms with Gasteiger partial charge in [-0.1, -0.05) is 6.07 Å². The van der Waals surface area contributed by atoms with Crippen molar-refractivity contribution in [1.82, 2.24) is 14.7 Å². The van der Waals surface area contributed by atoms with Crippen molar-refractivity contribution < 1.29 is 18.3 Å². The van der Waals surface area contributed by atoms with Gasteiger partial charge in [-0.15, -0.1) is 0 Å². The Morgan fingerprint density at radius 2 is 1.97 bits per heavy atom. The van der Waals surface area contributed by atoms with Crippen molar-refractivity contribution >= 4 is 17.8 Å². The number of likely N-dealkylation sites (tertiary alicyclic amines) is 1.